The average molecular weight is 219 g/mol. The van der Waals surface area contributed by atoms with E-state index in [0.717, 1.165) is 24.4 Å². The maximum absolute atomic E-state index is 9.62. The van der Waals surface area contributed by atoms with Crippen molar-refractivity contribution in [3.63, 3.8) is 0 Å². The van der Waals surface area contributed by atoms with Crippen LogP contribution in [0.25, 0.3) is 0 Å². The van der Waals surface area contributed by atoms with Crippen LogP contribution < -0.4 is 5.32 Å². The molecule has 0 radical (unpaired) electrons. The van der Waals surface area contributed by atoms with E-state index in [0.29, 0.717) is 11.8 Å². The molecular weight excluding hydrogens is 198 g/mol. The van der Waals surface area contributed by atoms with Crippen LogP contribution in [-0.2, 0) is 6.42 Å². The minimum atomic E-state index is 0.420. The summed E-state index contributed by atoms with van der Waals surface area (Å²) in [7, 11) is 0. The Morgan fingerprint density at radius 2 is 2.12 bits per heavy atom. The smallest absolute Gasteiger partial charge is 0.118 e. The first kappa shape index (κ1) is 11.5. The third kappa shape index (κ3) is 2.99. The quantitative estimate of drug-likeness (QED) is 0.816. The van der Waals surface area contributed by atoms with Crippen molar-refractivity contribution in [2.75, 3.05) is 6.54 Å². The van der Waals surface area contributed by atoms with Gasteiger partial charge in [-0.25, -0.2) is 0 Å². The summed E-state index contributed by atoms with van der Waals surface area (Å²) in [6, 6.07) is 8.29. The zero-order valence-corrected chi connectivity index (χ0v) is 9.95. The van der Waals surface area contributed by atoms with Gasteiger partial charge in [-0.1, -0.05) is 25.1 Å². The number of phenols is 1. The van der Waals surface area contributed by atoms with Crippen LogP contribution in [0.4, 0.5) is 0 Å². The first-order valence-corrected chi connectivity index (χ1v) is 6.26. The van der Waals surface area contributed by atoms with Crippen LogP contribution in [0.3, 0.4) is 0 Å². The molecule has 0 heterocycles. The van der Waals surface area contributed by atoms with E-state index in [1.54, 1.807) is 6.07 Å². The minimum Gasteiger partial charge on any atom is -0.508 e. The van der Waals surface area contributed by atoms with Crippen molar-refractivity contribution in [3.8, 4) is 5.75 Å². The van der Waals surface area contributed by atoms with Gasteiger partial charge in [-0.3, -0.25) is 0 Å². The van der Waals surface area contributed by atoms with Gasteiger partial charge >= 0.3 is 0 Å². The second-order valence-electron chi connectivity index (χ2n) is 4.95. The van der Waals surface area contributed by atoms with Crippen molar-refractivity contribution < 1.29 is 5.11 Å². The van der Waals surface area contributed by atoms with Crippen LogP contribution in [0.15, 0.2) is 24.3 Å². The zero-order chi connectivity index (χ0) is 11.4. The van der Waals surface area contributed by atoms with Gasteiger partial charge in [0.05, 0.1) is 0 Å². The van der Waals surface area contributed by atoms with Gasteiger partial charge in [0.2, 0.25) is 0 Å². The third-order valence-corrected chi connectivity index (χ3v) is 3.51. The van der Waals surface area contributed by atoms with Crippen molar-refractivity contribution in [1.82, 2.24) is 5.32 Å². The molecule has 2 nitrogen and oxygen atoms in total. The molecule has 2 heteroatoms. The van der Waals surface area contributed by atoms with Crippen molar-refractivity contribution >= 4 is 0 Å². The molecule has 1 aromatic carbocycles. The molecule has 1 aliphatic rings. The van der Waals surface area contributed by atoms with E-state index in [1.807, 2.05) is 18.2 Å². The van der Waals surface area contributed by atoms with Crippen LogP contribution in [0, 0.1) is 5.92 Å². The molecule has 0 aliphatic heterocycles. The second-order valence-corrected chi connectivity index (χ2v) is 4.95. The fourth-order valence-electron chi connectivity index (χ4n) is 2.53. The Morgan fingerprint density at radius 3 is 2.81 bits per heavy atom. The summed E-state index contributed by atoms with van der Waals surface area (Å²) in [6.45, 7) is 3.29. The van der Waals surface area contributed by atoms with Crippen molar-refractivity contribution in [1.29, 1.82) is 0 Å². The molecule has 2 unspecified atom stereocenters. The van der Waals surface area contributed by atoms with E-state index < -0.39 is 0 Å². The van der Waals surface area contributed by atoms with Gasteiger partial charge in [0.25, 0.3) is 0 Å². The highest BCUT2D eigenvalue weighted by Gasteiger charge is 2.20. The monoisotopic (exact) mass is 219 g/mol. The molecule has 1 saturated carbocycles. The van der Waals surface area contributed by atoms with Crippen LogP contribution in [0.5, 0.6) is 5.75 Å². The molecule has 0 spiro atoms. The van der Waals surface area contributed by atoms with Gasteiger partial charge in [-0.15, -0.1) is 0 Å². The molecule has 0 bridgehead atoms. The van der Waals surface area contributed by atoms with E-state index in [4.69, 9.17) is 0 Å². The standard InChI is InChI=1S/C14H21NO/c1-11-6-7-13(10-11)15-9-8-12-4-2-3-5-14(12)16/h2-5,11,13,15-16H,6-10H2,1H3. The molecule has 88 valence electrons. The molecule has 2 atom stereocenters. The Kier molecular flexibility index (Phi) is 3.83. The van der Waals surface area contributed by atoms with Crippen LogP contribution >= 0.6 is 0 Å². The van der Waals surface area contributed by atoms with Gasteiger partial charge < -0.3 is 10.4 Å². The summed E-state index contributed by atoms with van der Waals surface area (Å²) in [5.41, 5.74) is 1.04. The van der Waals surface area contributed by atoms with Gasteiger partial charge in [-0.05, 0) is 49.8 Å². The van der Waals surface area contributed by atoms with E-state index in [-0.39, 0.29) is 0 Å². The average Bonchev–Trinajstić information content (AvgIpc) is 2.67. The van der Waals surface area contributed by atoms with E-state index in [9.17, 15) is 5.11 Å². The number of para-hydroxylation sites is 1. The SMILES string of the molecule is CC1CCC(NCCc2ccccc2O)C1. The summed E-state index contributed by atoms with van der Waals surface area (Å²) >= 11 is 0. The molecule has 1 fully saturated rings. The number of benzene rings is 1. The Balaban J connectivity index is 1.74. The second kappa shape index (κ2) is 5.35. The lowest BCUT2D eigenvalue weighted by atomic mass is 10.1. The zero-order valence-electron chi connectivity index (χ0n) is 9.95. The van der Waals surface area contributed by atoms with Crippen LogP contribution in [-0.4, -0.2) is 17.7 Å². The minimum absolute atomic E-state index is 0.420. The van der Waals surface area contributed by atoms with Gasteiger partial charge in [0, 0.05) is 6.04 Å². The van der Waals surface area contributed by atoms with Crippen molar-refractivity contribution in [3.05, 3.63) is 29.8 Å². The molecule has 2 rings (SSSR count). The predicted molar refractivity (Wildman–Crippen MR) is 66.6 cm³/mol. The van der Waals surface area contributed by atoms with Gasteiger partial charge in [-0.2, -0.15) is 0 Å². The molecule has 1 aromatic rings. The summed E-state index contributed by atoms with van der Waals surface area (Å²) in [6.07, 6.45) is 4.88. The lowest BCUT2D eigenvalue weighted by molar-refractivity contribution is 0.462. The normalized spacial score (nSPS) is 24.8. The highest BCUT2D eigenvalue weighted by Crippen LogP contribution is 2.24. The first-order valence-electron chi connectivity index (χ1n) is 6.26. The van der Waals surface area contributed by atoms with Crippen LogP contribution in [0.1, 0.15) is 31.7 Å². The fraction of sp³-hybridized carbons (Fsp3) is 0.571. The van der Waals surface area contributed by atoms with Crippen LogP contribution in [0.2, 0.25) is 0 Å². The number of rotatable bonds is 4. The summed E-state index contributed by atoms with van der Waals surface area (Å²) in [5, 5.41) is 13.2. The molecule has 1 aliphatic carbocycles. The van der Waals surface area contributed by atoms with Crippen molar-refractivity contribution in [2.45, 2.75) is 38.6 Å². The fourth-order valence-corrected chi connectivity index (χ4v) is 2.53. The summed E-state index contributed by atoms with van der Waals surface area (Å²) in [5.74, 6) is 1.30. The Morgan fingerprint density at radius 1 is 1.31 bits per heavy atom. The third-order valence-electron chi connectivity index (χ3n) is 3.51. The molecule has 0 amide bonds. The Labute approximate surface area is 97.7 Å². The number of hydrogen-bond acceptors (Lipinski definition) is 2. The molecule has 0 saturated heterocycles. The number of nitrogens with one attached hydrogen (secondary N) is 1. The lowest BCUT2D eigenvalue weighted by Crippen LogP contribution is -2.28. The highest BCUT2D eigenvalue weighted by molar-refractivity contribution is 5.31. The van der Waals surface area contributed by atoms with E-state index >= 15 is 0 Å². The lowest BCUT2D eigenvalue weighted by Gasteiger charge is -2.12. The maximum Gasteiger partial charge on any atom is 0.118 e. The number of aromatic hydroxyl groups is 1. The Bertz CT molecular complexity index is 337. The summed E-state index contributed by atoms with van der Waals surface area (Å²) < 4.78 is 0. The molecular formula is C14H21NO. The largest absolute Gasteiger partial charge is 0.508 e. The molecule has 16 heavy (non-hydrogen) atoms. The Hall–Kier alpha value is -1.02. The maximum atomic E-state index is 9.62. The van der Waals surface area contributed by atoms with E-state index in [1.165, 1.54) is 19.3 Å². The topological polar surface area (TPSA) is 32.3 Å². The predicted octanol–water partition coefficient (Wildman–Crippen LogP) is 2.71. The van der Waals surface area contributed by atoms with Crippen molar-refractivity contribution in [2.24, 2.45) is 5.92 Å². The van der Waals surface area contributed by atoms with Gasteiger partial charge in [0.1, 0.15) is 5.75 Å². The summed E-state index contributed by atoms with van der Waals surface area (Å²) in [4.78, 5) is 0. The van der Waals surface area contributed by atoms with E-state index in [2.05, 4.69) is 12.2 Å². The number of hydrogen-bond donors (Lipinski definition) is 2. The highest BCUT2D eigenvalue weighted by atomic mass is 16.3. The first-order chi connectivity index (χ1) is 7.75. The molecule has 0 aromatic heterocycles. The van der Waals surface area contributed by atoms with Gasteiger partial charge in [0.15, 0.2) is 0 Å². The number of phenolic OH excluding ortho intramolecular Hbond substituents is 1. The molecule has 2 N–H and O–H groups in total.